The third-order valence-corrected chi connectivity index (χ3v) is 1.06. The molecule has 3 heteroatoms. The zero-order valence-electron chi connectivity index (χ0n) is 6.05. The SMILES string of the molecule is C=CNC/C(C)=C/NC=S. The van der Waals surface area contributed by atoms with Crippen LogP contribution >= 0.6 is 12.2 Å². The summed E-state index contributed by atoms with van der Waals surface area (Å²) in [6.45, 7) is 6.33. The molecule has 0 saturated heterocycles. The highest BCUT2D eigenvalue weighted by atomic mass is 32.1. The predicted molar refractivity (Wildman–Crippen MR) is 48.7 cm³/mol. The minimum Gasteiger partial charge on any atom is -0.388 e. The molecule has 0 aliphatic rings. The summed E-state index contributed by atoms with van der Waals surface area (Å²) in [5, 5.41) is 5.78. The number of nitrogens with one attached hydrogen (secondary N) is 2. The van der Waals surface area contributed by atoms with Gasteiger partial charge in [0, 0.05) is 12.7 Å². The molecule has 0 aromatic rings. The van der Waals surface area contributed by atoms with Crippen LogP contribution in [0.15, 0.2) is 24.6 Å². The van der Waals surface area contributed by atoms with Crippen LogP contribution in [0.4, 0.5) is 0 Å². The fourth-order valence-corrected chi connectivity index (χ4v) is 0.529. The van der Waals surface area contributed by atoms with Crippen molar-refractivity contribution in [3.05, 3.63) is 24.6 Å². The Bertz CT molecular complexity index is 141. The first-order valence-corrected chi connectivity index (χ1v) is 3.48. The van der Waals surface area contributed by atoms with Crippen LogP contribution < -0.4 is 10.6 Å². The second-order valence-electron chi connectivity index (χ2n) is 1.86. The molecule has 0 saturated carbocycles. The first kappa shape index (κ1) is 9.17. The van der Waals surface area contributed by atoms with E-state index in [0.717, 1.165) is 6.54 Å². The first-order chi connectivity index (χ1) is 4.81. The Morgan fingerprint density at radius 2 is 2.40 bits per heavy atom. The molecule has 0 aromatic heterocycles. The van der Waals surface area contributed by atoms with Crippen molar-refractivity contribution in [1.82, 2.24) is 10.6 Å². The van der Waals surface area contributed by atoms with E-state index in [1.54, 1.807) is 6.20 Å². The second-order valence-corrected chi connectivity index (χ2v) is 2.10. The summed E-state index contributed by atoms with van der Waals surface area (Å²) in [7, 11) is 0. The largest absolute Gasteiger partial charge is 0.388 e. The molecule has 0 amide bonds. The van der Waals surface area contributed by atoms with Crippen LogP contribution in [0.5, 0.6) is 0 Å². The third kappa shape index (κ3) is 5.31. The van der Waals surface area contributed by atoms with Gasteiger partial charge in [-0.05, 0) is 18.7 Å². The van der Waals surface area contributed by atoms with E-state index in [4.69, 9.17) is 0 Å². The lowest BCUT2D eigenvalue weighted by Gasteiger charge is -1.99. The van der Waals surface area contributed by atoms with Crippen LogP contribution in [-0.2, 0) is 0 Å². The number of hydrogen-bond acceptors (Lipinski definition) is 2. The van der Waals surface area contributed by atoms with Gasteiger partial charge in [-0.3, -0.25) is 0 Å². The molecular formula is C7H12N2S. The Kier molecular flexibility index (Phi) is 5.77. The zero-order chi connectivity index (χ0) is 7.82. The van der Waals surface area contributed by atoms with Crippen molar-refractivity contribution < 1.29 is 0 Å². The van der Waals surface area contributed by atoms with Crippen molar-refractivity contribution in [2.75, 3.05) is 6.54 Å². The maximum Gasteiger partial charge on any atom is 0.0654 e. The van der Waals surface area contributed by atoms with Gasteiger partial charge in [0.2, 0.25) is 0 Å². The molecular weight excluding hydrogens is 144 g/mol. The lowest BCUT2D eigenvalue weighted by atomic mass is 10.3. The Hall–Kier alpha value is -0.830. The summed E-state index contributed by atoms with van der Waals surface area (Å²) >= 11 is 4.56. The van der Waals surface area contributed by atoms with Crippen LogP contribution in [0.25, 0.3) is 0 Å². The Balaban J connectivity index is 3.47. The van der Waals surface area contributed by atoms with Gasteiger partial charge in [-0.2, -0.15) is 0 Å². The molecule has 0 spiro atoms. The topological polar surface area (TPSA) is 24.1 Å². The van der Waals surface area contributed by atoms with Crippen molar-refractivity contribution in [2.24, 2.45) is 0 Å². The molecule has 0 bridgehead atoms. The van der Waals surface area contributed by atoms with E-state index in [2.05, 4.69) is 29.4 Å². The summed E-state index contributed by atoms with van der Waals surface area (Å²) in [6, 6.07) is 0. The Morgan fingerprint density at radius 1 is 1.70 bits per heavy atom. The maximum absolute atomic E-state index is 4.56. The lowest BCUT2D eigenvalue weighted by molar-refractivity contribution is 0.930. The fourth-order valence-electron chi connectivity index (χ4n) is 0.460. The molecule has 0 heterocycles. The lowest BCUT2D eigenvalue weighted by Crippen LogP contribution is -2.10. The van der Waals surface area contributed by atoms with E-state index in [1.807, 2.05) is 13.1 Å². The van der Waals surface area contributed by atoms with Crippen LogP contribution in [0.2, 0.25) is 0 Å². The molecule has 10 heavy (non-hydrogen) atoms. The predicted octanol–water partition coefficient (Wildman–Crippen LogP) is 1.17. The zero-order valence-corrected chi connectivity index (χ0v) is 6.87. The van der Waals surface area contributed by atoms with E-state index in [9.17, 15) is 0 Å². The summed E-state index contributed by atoms with van der Waals surface area (Å²) in [5.41, 5.74) is 2.65. The molecule has 0 fully saturated rings. The number of rotatable bonds is 5. The minimum atomic E-state index is 0.805. The molecule has 0 unspecified atom stereocenters. The van der Waals surface area contributed by atoms with Gasteiger partial charge in [0.1, 0.15) is 0 Å². The monoisotopic (exact) mass is 156 g/mol. The van der Waals surface area contributed by atoms with Crippen LogP contribution in [0.3, 0.4) is 0 Å². The van der Waals surface area contributed by atoms with Gasteiger partial charge in [0.25, 0.3) is 0 Å². The molecule has 0 aliphatic carbocycles. The highest BCUT2D eigenvalue weighted by Gasteiger charge is 1.82. The average Bonchev–Trinajstić information content (AvgIpc) is 1.97. The van der Waals surface area contributed by atoms with Gasteiger partial charge in [-0.15, -0.1) is 0 Å². The maximum atomic E-state index is 4.56. The fraction of sp³-hybridized carbons (Fsp3) is 0.286. The van der Waals surface area contributed by atoms with E-state index in [0.29, 0.717) is 0 Å². The Labute approximate surface area is 67.0 Å². The Morgan fingerprint density at radius 3 is 2.90 bits per heavy atom. The van der Waals surface area contributed by atoms with Crippen LogP contribution in [0.1, 0.15) is 6.92 Å². The molecule has 0 aromatic carbocycles. The highest BCUT2D eigenvalue weighted by Crippen LogP contribution is 1.84. The second kappa shape index (κ2) is 6.29. The molecule has 0 aliphatic heterocycles. The van der Waals surface area contributed by atoms with Gasteiger partial charge in [0.05, 0.1) is 5.49 Å². The quantitative estimate of drug-likeness (QED) is 0.584. The number of thiocarbonyl (C=S) groups is 1. The number of hydrogen-bond donors (Lipinski definition) is 2. The van der Waals surface area contributed by atoms with E-state index in [-0.39, 0.29) is 0 Å². The highest BCUT2D eigenvalue weighted by molar-refractivity contribution is 7.78. The van der Waals surface area contributed by atoms with Gasteiger partial charge in [-0.25, -0.2) is 0 Å². The molecule has 0 radical (unpaired) electrons. The molecule has 0 rings (SSSR count). The van der Waals surface area contributed by atoms with E-state index in [1.165, 1.54) is 11.1 Å². The van der Waals surface area contributed by atoms with Gasteiger partial charge in [-0.1, -0.05) is 18.8 Å². The van der Waals surface area contributed by atoms with Crippen molar-refractivity contribution in [1.29, 1.82) is 0 Å². The minimum absolute atomic E-state index is 0.805. The smallest absolute Gasteiger partial charge is 0.0654 e. The van der Waals surface area contributed by atoms with Crippen molar-refractivity contribution in [2.45, 2.75) is 6.92 Å². The van der Waals surface area contributed by atoms with Crippen molar-refractivity contribution >= 4 is 17.7 Å². The summed E-state index contributed by atoms with van der Waals surface area (Å²) in [4.78, 5) is 0. The van der Waals surface area contributed by atoms with Gasteiger partial charge < -0.3 is 10.6 Å². The molecule has 56 valence electrons. The third-order valence-electron chi connectivity index (χ3n) is 0.923. The average molecular weight is 156 g/mol. The van der Waals surface area contributed by atoms with Gasteiger partial charge >= 0.3 is 0 Å². The molecule has 2 N–H and O–H groups in total. The van der Waals surface area contributed by atoms with Gasteiger partial charge in [0.15, 0.2) is 0 Å². The molecule has 0 atom stereocenters. The van der Waals surface area contributed by atoms with Crippen molar-refractivity contribution in [3.63, 3.8) is 0 Å². The van der Waals surface area contributed by atoms with E-state index >= 15 is 0 Å². The van der Waals surface area contributed by atoms with Crippen molar-refractivity contribution in [3.8, 4) is 0 Å². The summed E-state index contributed by atoms with van der Waals surface area (Å²) in [6.07, 6.45) is 3.51. The standard InChI is InChI=1S/C7H12N2S/c1-3-8-4-7(2)5-9-6-10/h3,5-6,8H,1,4H2,2H3,(H,9,10)/b7-5+. The first-order valence-electron chi connectivity index (χ1n) is 3.01. The van der Waals surface area contributed by atoms with E-state index < -0.39 is 0 Å². The summed E-state index contributed by atoms with van der Waals surface area (Å²) < 4.78 is 0. The normalized spacial score (nSPS) is 10.3. The van der Waals surface area contributed by atoms with Crippen LogP contribution in [-0.4, -0.2) is 12.0 Å². The molecule has 2 nitrogen and oxygen atoms in total. The van der Waals surface area contributed by atoms with Crippen LogP contribution in [0, 0.1) is 0 Å². The summed E-state index contributed by atoms with van der Waals surface area (Å²) in [5.74, 6) is 0.